The number of nitrogens with zero attached hydrogens (tertiary/aromatic N) is 1. The first-order chi connectivity index (χ1) is 13.3. The molecule has 0 radical (unpaired) electrons. The highest BCUT2D eigenvalue weighted by Crippen LogP contribution is 2.25. The SMILES string of the molecule is C[C@H]1C[C@H](C)CN(CCCCNC(=O)C(=O)Nc2ccccc2OC(F)F)C1. The highest BCUT2D eigenvalue weighted by atomic mass is 19.3. The van der Waals surface area contributed by atoms with Crippen LogP contribution in [0.1, 0.15) is 33.1 Å². The summed E-state index contributed by atoms with van der Waals surface area (Å²) in [4.78, 5) is 26.3. The van der Waals surface area contributed by atoms with Gasteiger partial charge in [0.25, 0.3) is 0 Å². The first kappa shape index (κ1) is 22.1. The quantitative estimate of drug-likeness (QED) is 0.522. The molecule has 0 aliphatic carbocycles. The molecule has 1 fully saturated rings. The molecule has 2 amide bonds. The zero-order valence-electron chi connectivity index (χ0n) is 16.4. The van der Waals surface area contributed by atoms with E-state index < -0.39 is 18.4 Å². The lowest BCUT2D eigenvalue weighted by molar-refractivity contribution is -0.136. The molecule has 8 heteroatoms. The van der Waals surface area contributed by atoms with E-state index in [0.29, 0.717) is 18.4 Å². The lowest BCUT2D eigenvalue weighted by Crippen LogP contribution is -2.39. The number of hydrogen-bond donors (Lipinski definition) is 2. The highest BCUT2D eigenvalue weighted by Gasteiger charge is 2.21. The Hall–Kier alpha value is -2.22. The van der Waals surface area contributed by atoms with Crippen molar-refractivity contribution in [1.29, 1.82) is 0 Å². The van der Waals surface area contributed by atoms with Crippen LogP contribution in [0, 0.1) is 11.8 Å². The third-order valence-corrected chi connectivity index (χ3v) is 4.69. The minimum atomic E-state index is -3.02. The van der Waals surface area contributed by atoms with Crippen LogP contribution in [0.5, 0.6) is 5.75 Å². The van der Waals surface area contributed by atoms with E-state index in [1.165, 1.54) is 24.6 Å². The summed E-state index contributed by atoms with van der Waals surface area (Å²) in [6.07, 6.45) is 2.98. The van der Waals surface area contributed by atoms with Crippen LogP contribution in [0.15, 0.2) is 24.3 Å². The molecule has 1 aliphatic heterocycles. The number of rotatable bonds is 8. The van der Waals surface area contributed by atoms with Crippen molar-refractivity contribution in [3.8, 4) is 5.75 Å². The Morgan fingerprint density at radius 2 is 1.82 bits per heavy atom. The molecule has 2 rings (SSSR count). The van der Waals surface area contributed by atoms with Crippen LogP contribution < -0.4 is 15.4 Å². The smallest absolute Gasteiger partial charge is 0.387 e. The van der Waals surface area contributed by atoms with Gasteiger partial charge >= 0.3 is 18.4 Å². The van der Waals surface area contributed by atoms with Crippen LogP contribution >= 0.6 is 0 Å². The molecule has 0 spiro atoms. The van der Waals surface area contributed by atoms with Gasteiger partial charge < -0.3 is 20.3 Å². The van der Waals surface area contributed by atoms with E-state index in [9.17, 15) is 18.4 Å². The molecule has 28 heavy (non-hydrogen) atoms. The van der Waals surface area contributed by atoms with E-state index in [0.717, 1.165) is 32.5 Å². The molecule has 156 valence electrons. The fourth-order valence-electron chi connectivity index (χ4n) is 3.66. The third-order valence-electron chi connectivity index (χ3n) is 4.69. The molecule has 0 aromatic heterocycles. The van der Waals surface area contributed by atoms with Crippen molar-refractivity contribution < 1.29 is 23.1 Å². The van der Waals surface area contributed by atoms with E-state index in [2.05, 4.69) is 34.1 Å². The number of halogens is 2. The highest BCUT2D eigenvalue weighted by molar-refractivity contribution is 6.39. The second-order valence-electron chi connectivity index (χ2n) is 7.50. The largest absolute Gasteiger partial charge is 0.433 e. The lowest BCUT2D eigenvalue weighted by Gasteiger charge is -2.34. The topological polar surface area (TPSA) is 70.7 Å². The molecular weight excluding hydrogens is 368 g/mol. The van der Waals surface area contributed by atoms with E-state index in [1.54, 1.807) is 6.07 Å². The summed E-state index contributed by atoms with van der Waals surface area (Å²) >= 11 is 0. The maximum atomic E-state index is 12.4. The average molecular weight is 397 g/mol. The predicted molar refractivity (Wildman–Crippen MR) is 103 cm³/mol. The molecule has 1 heterocycles. The summed E-state index contributed by atoms with van der Waals surface area (Å²) in [7, 11) is 0. The summed E-state index contributed by atoms with van der Waals surface area (Å²) < 4.78 is 29.1. The molecule has 0 unspecified atom stereocenters. The Labute approximate surface area is 164 Å². The van der Waals surface area contributed by atoms with E-state index in [4.69, 9.17) is 0 Å². The number of benzene rings is 1. The number of ether oxygens (including phenoxy) is 1. The van der Waals surface area contributed by atoms with Gasteiger partial charge in [0.05, 0.1) is 5.69 Å². The number of para-hydroxylation sites is 2. The Balaban J connectivity index is 1.68. The zero-order chi connectivity index (χ0) is 20.5. The second kappa shape index (κ2) is 10.9. The maximum Gasteiger partial charge on any atom is 0.387 e. The predicted octanol–water partition coefficient (Wildman–Crippen LogP) is 3.10. The number of nitrogens with one attached hydrogen (secondary N) is 2. The molecule has 1 aliphatic rings. The van der Waals surface area contributed by atoms with Crippen molar-refractivity contribution in [3.05, 3.63) is 24.3 Å². The number of amides is 2. The number of anilines is 1. The van der Waals surface area contributed by atoms with Gasteiger partial charge in [-0.3, -0.25) is 9.59 Å². The van der Waals surface area contributed by atoms with E-state index in [-0.39, 0.29) is 11.4 Å². The molecule has 0 bridgehead atoms. The van der Waals surface area contributed by atoms with Crippen molar-refractivity contribution in [2.75, 3.05) is 31.5 Å². The number of hydrogen-bond acceptors (Lipinski definition) is 4. The van der Waals surface area contributed by atoms with Gasteiger partial charge in [-0.2, -0.15) is 8.78 Å². The standard InChI is InChI=1S/C20H29F2N3O3/c1-14-11-15(2)13-25(12-14)10-6-5-9-23-18(26)19(27)24-16-7-3-4-8-17(16)28-20(21)22/h3-4,7-8,14-15,20H,5-6,9-13H2,1-2H3,(H,23,26)(H,24,27)/t14-,15-/m0/s1. The summed E-state index contributed by atoms with van der Waals surface area (Å²) in [5.74, 6) is -0.479. The third kappa shape index (κ3) is 7.42. The lowest BCUT2D eigenvalue weighted by atomic mass is 9.92. The number of alkyl halides is 2. The van der Waals surface area contributed by atoms with Crippen molar-refractivity contribution in [2.45, 2.75) is 39.7 Å². The van der Waals surface area contributed by atoms with Crippen LogP contribution in [-0.2, 0) is 9.59 Å². The normalized spacial score (nSPS) is 20.0. The fourth-order valence-corrected chi connectivity index (χ4v) is 3.66. The monoisotopic (exact) mass is 397 g/mol. The number of unbranched alkanes of at least 4 members (excludes halogenated alkanes) is 1. The van der Waals surface area contributed by atoms with Gasteiger partial charge in [0.2, 0.25) is 0 Å². The average Bonchev–Trinajstić information content (AvgIpc) is 2.61. The van der Waals surface area contributed by atoms with Crippen LogP contribution in [0.2, 0.25) is 0 Å². The number of carbonyl (C=O) groups excluding carboxylic acids is 2. The number of likely N-dealkylation sites (tertiary alicyclic amines) is 1. The summed E-state index contributed by atoms with van der Waals surface area (Å²) in [5.41, 5.74) is 0.0243. The van der Waals surface area contributed by atoms with Gasteiger partial charge in [-0.1, -0.05) is 26.0 Å². The molecule has 6 nitrogen and oxygen atoms in total. The van der Waals surface area contributed by atoms with Crippen molar-refractivity contribution in [3.63, 3.8) is 0 Å². The Morgan fingerprint density at radius 1 is 1.14 bits per heavy atom. The van der Waals surface area contributed by atoms with Gasteiger partial charge in [0, 0.05) is 19.6 Å². The molecule has 2 N–H and O–H groups in total. The van der Waals surface area contributed by atoms with Crippen LogP contribution in [-0.4, -0.2) is 49.5 Å². The molecule has 0 saturated carbocycles. The molecular formula is C20H29F2N3O3. The molecule has 1 aromatic carbocycles. The Bertz CT molecular complexity index is 647. The first-order valence-corrected chi connectivity index (χ1v) is 9.70. The summed E-state index contributed by atoms with van der Waals surface area (Å²) in [6, 6.07) is 5.73. The van der Waals surface area contributed by atoms with Crippen molar-refractivity contribution >= 4 is 17.5 Å². The molecule has 1 saturated heterocycles. The molecule has 2 atom stereocenters. The van der Waals surface area contributed by atoms with Gasteiger partial charge in [-0.05, 0) is 49.8 Å². The Morgan fingerprint density at radius 3 is 2.50 bits per heavy atom. The van der Waals surface area contributed by atoms with Gasteiger partial charge in [-0.15, -0.1) is 0 Å². The number of carbonyl (C=O) groups is 2. The van der Waals surface area contributed by atoms with Gasteiger partial charge in [-0.25, -0.2) is 0 Å². The minimum Gasteiger partial charge on any atom is -0.433 e. The van der Waals surface area contributed by atoms with Crippen LogP contribution in [0.3, 0.4) is 0 Å². The van der Waals surface area contributed by atoms with Crippen molar-refractivity contribution in [1.82, 2.24) is 10.2 Å². The fraction of sp³-hybridized carbons (Fsp3) is 0.600. The summed E-state index contributed by atoms with van der Waals surface area (Å²) in [5, 5.41) is 4.86. The van der Waals surface area contributed by atoms with E-state index in [1.807, 2.05) is 0 Å². The number of piperidine rings is 1. The zero-order valence-corrected chi connectivity index (χ0v) is 16.4. The van der Waals surface area contributed by atoms with Crippen molar-refractivity contribution in [2.24, 2.45) is 11.8 Å². The minimum absolute atomic E-state index is 0.0243. The maximum absolute atomic E-state index is 12.4. The van der Waals surface area contributed by atoms with Crippen LogP contribution in [0.25, 0.3) is 0 Å². The Kier molecular flexibility index (Phi) is 8.63. The van der Waals surface area contributed by atoms with Gasteiger partial charge in [0.1, 0.15) is 5.75 Å². The van der Waals surface area contributed by atoms with E-state index >= 15 is 0 Å². The second-order valence-corrected chi connectivity index (χ2v) is 7.50. The summed E-state index contributed by atoms with van der Waals surface area (Å²) in [6.45, 7) is 5.11. The van der Waals surface area contributed by atoms with Crippen LogP contribution in [0.4, 0.5) is 14.5 Å². The first-order valence-electron chi connectivity index (χ1n) is 9.70. The van der Waals surface area contributed by atoms with Gasteiger partial charge in [0.15, 0.2) is 0 Å². The molecule has 1 aromatic rings.